The zero-order chi connectivity index (χ0) is 14.1. The molecule has 6 heteroatoms. The summed E-state index contributed by atoms with van der Waals surface area (Å²) in [6.45, 7) is 5.49. The fourth-order valence-corrected chi connectivity index (χ4v) is 3.60. The standard InChI is InChI=1S/C12H19ClN2O2S/c1-5-8(2)15(4)18(16,17)12-7-10(13)6-11(14)9(12)3/h6-8H,5,14H2,1-4H3. The Morgan fingerprint density at radius 3 is 2.50 bits per heavy atom. The Morgan fingerprint density at radius 2 is 2.00 bits per heavy atom. The Hall–Kier alpha value is -0.780. The molecule has 4 nitrogen and oxygen atoms in total. The number of halogens is 1. The number of anilines is 1. The van der Waals surface area contributed by atoms with Crippen LogP contribution in [0.2, 0.25) is 5.02 Å². The molecule has 0 heterocycles. The molecule has 0 saturated carbocycles. The molecular formula is C12H19ClN2O2S. The third-order valence-electron chi connectivity index (χ3n) is 3.23. The highest BCUT2D eigenvalue weighted by atomic mass is 35.5. The number of nitrogens with zero attached hydrogens (tertiary/aromatic N) is 1. The van der Waals surface area contributed by atoms with E-state index in [9.17, 15) is 8.42 Å². The Labute approximate surface area is 114 Å². The van der Waals surface area contributed by atoms with Gasteiger partial charge in [0, 0.05) is 23.8 Å². The van der Waals surface area contributed by atoms with Gasteiger partial charge in [-0.1, -0.05) is 18.5 Å². The van der Waals surface area contributed by atoms with E-state index in [4.69, 9.17) is 17.3 Å². The highest BCUT2D eigenvalue weighted by Crippen LogP contribution is 2.28. The molecule has 18 heavy (non-hydrogen) atoms. The maximum absolute atomic E-state index is 12.5. The maximum Gasteiger partial charge on any atom is 0.243 e. The number of benzene rings is 1. The monoisotopic (exact) mass is 290 g/mol. The van der Waals surface area contributed by atoms with Gasteiger partial charge in [0.15, 0.2) is 0 Å². The summed E-state index contributed by atoms with van der Waals surface area (Å²) < 4.78 is 26.3. The molecule has 102 valence electrons. The zero-order valence-electron chi connectivity index (χ0n) is 11.1. The highest BCUT2D eigenvalue weighted by Gasteiger charge is 2.27. The van der Waals surface area contributed by atoms with Crippen LogP contribution in [0.4, 0.5) is 5.69 Å². The number of rotatable bonds is 4. The first-order chi connectivity index (χ1) is 8.21. The molecule has 0 aliphatic carbocycles. The number of hydrogen-bond acceptors (Lipinski definition) is 3. The summed E-state index contributed by atoms with van der Waals surface area (Å²) >= 11 is 5.88. The van der Waals surface area contributed by atoms with Crippen LogP contribution < -0.4 is 5.73 Å². The molecule has 1 aromatic carbocycles. The Morgan fingerprint density at radius 1 is 1.44 bits per heavy atom. The predicted octanol–water partition coefficient (Wildman–Crippen LogP) is 2.65. The minimum Gasteiger partial charge on any atom is -0.398 e. The van der Waals surface area contributed by atoms with Gasteiger partial charge in [-0.2, -0.15) is 4.31 Å². The highest BCUT2D eigenvalue weighted by molar-refractivity contribution is 7.89. The van der Waals surface area contributed by atoms with Gasteiger partial charge >= 0.3 is 0 Å². The van der Waals surface area contributed by atoms with Crippen molar-refractivity contribution in [2.75, 3.05) is 12.8 Å². The van der Waals surface area contributed by atoms with Gasteiger partial charge in [0.05, 0.1) is 4.90 Å². The molecule has 1 aromatic rings. The van der Waals surface area contributed by atoms with E-state index < -0.39 is 10.0 Å². The molecule has 0 amide bonds. The van der Waals surface area contributed by atoms with Gasteiger partial charge in [0.2, 0.25) is 10.0 Å². The lowest BCUT2D eigenvalue weighted by molar-refractivity contribution is 0.380. The van der Waals surface area contributed by atoms with Gasteiger partial charge in [0.1, 0.15) is 0 Å². The summed E-state index contributed by atoms with van der Waals surface area (Å²) in [7, 11) is -1.99. The van der Waals surface area contributed by atoms with Crippen molar-refractivity contribution >= 4 is 27.3 Å². The molecule has 1 atom stereocenters. The number of sulfonamides is 1. The summed E-state index contributed by atoms with van der Waals surface area (Å²) in [6.07, 6.45) is 0.741. The average Bonchev–Trinajstić information content (AvgIpc) is 2.31. The second-order valence-corrected chi connectivity index (χ2v) is 6.80. The van der Waals surface area contributed by atoms with Crippen molar-refractivity contribution in [3.63, 3.8) is 0 Å². The third kappa shape index (κ3) is 2.79. The summed E-state index contributed by atoms with van der Waals surface area (Å²) in [5.41, 5.74) is 6.68. The summed E-state index contributed by atoms with van der Waals surface area (Å²) in [4.78, 5) is 0.176. The lowest BCUT2D eigenvalue weighted by atomic mass is 10.2. The smallest absolute Gasteiger partial charge is 0.243 e. The van der Waals surface area contributed by atoms with Crippen molar-refractivity contribution in [1.82, 2.24) is 4.31 Å². The van der Waals surface area contributed by atoms with Crippen LogP contribution in [-0.2, 0) is 10.0 Å². The van der Waals surface area contributed by atoms with Gasteiger partial charge in [-0.25, -0.2) is 8.42 Å². The Kier molecular flexibility index (Phi) is 4.64. The molecule has 0 spiro atoms. The first kappa shape index (κ1) is 15.3. The molecule has 1 rings (SSSR count). The van der Waals surface area contributed by atoms with E-state index in [1.165, 1.54) is 10.4 Å². The van der Waals surface area contributed by atoms with Crippen molar-refractivity contribution in [3.05, 3.63) is 22.7 Å². The van der Waals surface area contributed by atoms with Crippen molar-refractivity contribution in [2.45, 2.75) is 38.1 Å². The fraction of sp³-hybridized carbons (Fsp3) is 0.500. The normalized spacial score (nSPS) is 13.9. The molecular weight excluding hydrogens is 272 g/mol. The molecule has 0 aliphatic heterocycles. The largest absolute Gasteiger partial charge is 0.398 e. The lowest BCUT2D eigenvalue weighted by Crippen LogP contribution is -2.35. The summed E-state index contributed by atoms with van der Waals surface area (Å²) in [5, 5.41) is 0.328. The van der Waals surface area contributed by atoms with Crippen molar-refractivity contribution in [1.29, 1.82) is 0 Å². The number of nitrogen functional groups attached to an aromatic ring is 1. The van der Waals surface area contributed by atoms with Crippen LogP contribution in [0.15, 0.2) is 17.0 Å². The third-order valence-corrected chi connectivity index (χ3v) is 5.55. The average molecular weight is 291 g/mol. The van der Waals surface area contributed by atoms with Crippen LogP contribution in [0.3, 0.4) is 0 Å². The number of nitrogens with two attached hydrogens (primary N) is 1. The van der Waals surface area contributed by atoms with E-state index in [-0.39, 0.29) is 10.9 Å². The minimum atomic E-state index is -3.56. The van der Waals surface area contributed by atoms with Gasteiger partial charge in [-0.15, -0.1) is 0 Å². The SMILES string of the molecule is CCC(C)N(C)S(=O)(=O)c1cc(Cl)cc(N)c1C. The first-order valence-corrected chi connectivity index (χ1v) is 7.57. The second kappa shape index (κ2) is 5.47. The van der Waals surface area contributed by atoms with Crippen LogP contribution in [0.25, 0.3) is 0 Å². The molecule has 0 aromatic heterocycles. The van der Waals surface area contributed by atoms with Crippen LogP contribution >= 0.6 is 11.6 Å². The molecule has 0 saturated heterocycles. The van der Waals surface area contributed by atoms with E-state index in [2.05, 4.69) is 0 Å². The second-order valence-electron chi connectivity index (χ2n) is 4.40. The van der Waals surface area contributed by atoms with E-state index >= 15 is 0 Å². The molecule has 2 N–H and O–H groups in total. The lowest BCUT2D eigenvalue weighted by Gasteiger charge is -2.24. The predicted molar refractivity (Wildman–Crippen MR) is 75.3 cm³/mol. The summed E-state index contributed by atoms with van der Waals surface area (Å²) in [5.74, 6) is 0. The summed E-state index contributed by atoms with van der Waals surface area (Å²) in [6, 6.07) is 2.93. The van der Waals surface area contributed by atoms with E-state index in [0.29, 0.717) is 16.3 Å². The first-order valence-electron chi connectivity index (χ1n) is 5.75. The fourth-order valence-electron chi connectivity index (χ4n) is 1.59. The van der Waals surface area contributed by atoms with Gasteiger partial charge < -0.3 is 5.73 Å². The molecule has 0 bridgehead atoms. The Balaban J connectivity index is 3.37. The van der Waals surface area contributed by atoms with E-state index in [0.717, 1.165) is 6.42 Å². The van der Waals surface area contributed by atoms with Crippen molar-refractivity contribution in [3.8, 4) is 0 Å². The van der Waals surface area contributed by atoms with Crippen molar-refractivity contribution < 1.29 is 8.42 Å². The Bertz CT molecular complexity index is 543. The maximum atomic E-state index is 12.5. The molecule has 1 unspecified atom stereocenters. The topological polar surface area (TPSA) is 63.4 Å². The van der Waals surface area contributed by atoms with Crippen molar-refractivity contribution in [2.24, 2.45) is 0 Å². The molecule has 0 radical (unpaired) electrons. The zero-order valence-corrected chi connectivity index (χ0v) is 12.6. The number of hydrogen-bond donors (Lipinski definition) is 1. The van der Waals surface area contributed by atoms with Crippen LogP contribution in [-0.4, -0.2) is 25.8 Å². The van der Waals surface area contributed by atoms with Crippen LogP contribution in [0.5, 0.6) is 0 Å². The molecule has 0 aliphatic rings. The molecule has 0 fully saturated rings. The van der Waals surface area contributed by atoms with Crippen LogP contribution in [0.1, 0.15) is 25.8 Å². The quantitative estimate of drug-likeness (QED) is 0.867. The minimum absolute atomic E-state index is 0.0744. The van der Waals surface area contributed by atoms with Gasteiger partial charge in [0.25, 0.3) is 0 Å². The van der Waals surface area contributed by atoms with Crippen LogP contribution in [0, 0.1) is 6.92 Å². The van der Waals surface area contributed by atoms with Gasteiger partial charge in [-0.05, 0) is 38.0 Å². The van der Waals surface area contributed by atoms with E-state index in [1.807, 2.05) is 13.8 Å². The van der Waals surface area contributed by atoms with Gasteiger partial charge in [-0.3, -0.25) is 0 Å². The van der Waals surface area contributed by atoms with E-state index in [1.54, 1.807) is 20.0 Å².